The first-order valence-electron chi connectivity index (χ1n) is 6.23. The Kier molecular flexibility index (Phi) is 3.25. The highest BCUT2D eigenvalue weighted by atomic mass is 32.2. The van der Waals surface area contributed by atoms with Gasteiger partial charge in [-0.05, 0) is 30.9 Å². The zero-order valence-electron chi connectivity index (χ0n) is 10.9. The molecule has 0 aliphatic rings. The van der Waals surface area contributed by atoms with Crippen molar-refractivity contribution >= 4 is 22.9 Å². The van der Waals surface area contributed by atoms with Gasteiger partial charge in [-0.1, -0.05) is 19.1 Å². The molecule has 96 valence electrons. The summed E-state index contributed by atoms with van der Waals surface area (Å²) in [6, 6.07) is 10.1. The monoisotopic (exact) mass is 270 g/mol. The number of oxazole rings is 1. The number of hydrogen-bond acceptors (Lipinski definition) is 4. The van der Waals surface area contributed by atoms with Gasteiger partial charge >= 0.3 is 0 Å². The second-order valence-electron chi connectivity index (χ2n) is 4.24. The predicted molar refractivity (Wildman–Crippen MR) is 78.4 cm³/mol. The number of fused-ring (bicyclic) bond motifs is 1. The maximum atomic E-state index is 5.81. The van der Waals surface area contributed by atoms with Crippen molar-refractivity contribution in [3.05, 3.63) is 42.2 Å². The van der Waals surface area contributed by atoms with Crippen LogP contribution in [0, 0.1) is 6.92 Å². The van der Waals surface area contributed by atoms with Gasteiger partial charge in [-0.15, -0.1) is 11.8 Å². The lowest BCUT2D eigenvalue weighted by molar-refractivity contribution is 0.616. The largest absolute Gasteiger partial charge is 0.434 e. The van der Waals surface area contributed by atoms with Crippen LogP contribution in [0.25, 0.3) is 22.6 Å². The van der Waals surface area contributed by atoms with Gasteiger partial charge in [-0.3, -0.25) is 4.98 Å². The summed E-state index contributed by atoms with van der Waals surface area (Å²) in [6.07, 6.45) is 1.73. The van der Waals surface area contributed by atoms with Gasteiger partial charge < -0.3 is 4.42 Å². The maximum Gasteiger partial charge on any atom is 0.228 e. The summed E-state index contributed by atoms with van der Waals surface area (Å²) in [6.45, 7) is 4.09. The molecule has 2 aromatic heterocycles. The molecule has 0 radical (unpaired) electrons. The minimum absolute atomic E-state index is 0.666. The molecule has 3 aromatic rings. The molecule has 0 unspecified atom stereocenters. The van der Waals surface area contributed by atoms with Gasteiger partial charge in [0.2, 0.25) is 5.89 Å². The second kappa shape index (κ2) is 5.05. The fourth-order valence-corrected chi connectivity index (χ4v) is 2.77. The zero-order valence-corrected chi connectivity index (χ0v) is 11.7. The Morgan fingerprint density at radius 3 is 2.95 bits per heavy atom. The Bertz CT molecular complexity index is 721. The number of benzene rings is 1. The van der Waals surface area contributed by atoms with Crippen LogP contribution in [0.4, 0.5) is 0 Å². The number of nitrogens with zero attached hydrogens (tertiary/aromatic N) is 2. The van der Waals surface area contributed by atoms with E-state index in [0.29, 0.717) is 5.89 Å². The topological polar surface area (TPSA) is 38.9 Å². The maximum absolute atomic E-state index is 5.81. The molecule has 0 saturated carbocycles. The molecule has 3 nitrogen and oxygen atoms in total. The van der Waals surface area contributed by atoms with Crippen LogP contribution < -0.4 is 0 Å². The highest BCUT2D eigenvalue weighted by Crippen LogP contribution is 2.32. The summed E-state index contributed by atoms with van der Waals surface area (Å²) >= 11 is 1.79. The number of aryl methyl sites for hydroxylation is 1. The van der Waals surface area contributed by atoms with E-state index in [-0.39, 0.29) is 0 Å². The fraction of sp³-hybridized carbons (Fsp3) is 0.200. The van der Waals surface area contributed by atoms with Gasteiger partial charge in [0.05, 0.1) is 11.8 Å². The first kappa shape index (κ1) is 12.2. The van der Waals surface area contributed by atoms with Crippen molar-refractivity contribution in [2.45, 2.75) is 18.7 Å². The molecule has 1 aromatic carbocycles. The molecular formula is C15H14N2OS. The van der Waals surface area contributed by atoms with Crippen LogP contribution in [-0.4, -0.2) is 15.7 Å². The summed E-state index contributed by atoms with van der Waals surface area (Å²) in [5, 5.41) is 0. The van der Waals surface area contributed by atoms with Crippen molar-refractivity contribution in [2.24, 2.45) is 0 Å². The molecule has 19 heavy (non-hydrogen) atoms. The van der Waals surface area contributed by atoms with Gasteiger partial charge in [-0.25, -0.2) is 4.98 Å². The first-order valence-corrected chi connectivity index (χ1v) is 7.22. The molecule has 0 aliphatic carbocycles. The third-order valence-electron chi connectivity index (χ3n) is 2.83. The van der Waals surface area contributed by atoms with Crippen molar-refractivity contribution < 1.29 is 4.42 Å². The van der Waals surface area contributed by atoms with E-state index in [1.165, 1.54) is 4.90 Å². The molecule has 0 amide bonds. The smallest absolute Gasteiger partial charge is 0.228 e. The molecule has 0 saturated heterocycles. The van der Waals surface area contributed by atoms with E-state index in [2.05, 4.69) is 23.0 Å². The summed E-state index contributed by atoms with van der Waals surface area (Å²) in [5.74, 6) is 1.69. The van der Waals surface area contributed by atoms with E-state index in [4.69, 9.17) is 4.42 Å². The molecule has 0 aliphatic heterocycles. The lowest BCUT2D eigenvalue weighted by atomic mass is 10.2. The molecule has 0 bridgehead atoms. The molecule has 4 heteroatoms. The van der Waals surface area contributed by atoms with Gasteiger partial charge in [0, 0.05) is 10.6 Å². The van der Waals surface area contributed by atoms with Crippen molar-refractivity contribution in [2.75, 3.05) is 5.75 Å². The fourth-order valence-electron chi connectivity index (χ4n) is 1.98. The third-order valence-corrected chi connectivity index (χ3v) is 3.79. The van der Waals surface area contributed by atoms with Crippen LogP contribution in [0.1, 0.15) is 12.6 Å². The molecule has 3 rings (SSSR count). The van der Waals surface area contributed by atoms with E-state index in [1.54, 1.807) is 18.0 Å². The SMILES string of the molecule is CCSc1ccccc1-c1nc2cc(C)ncc2o1. The summed E-state index contributed by atoms with van der Waals surface area (Å²) in [4.78, 5) is 10.00. The Morgan fingerprint density at radius 1 is 1.26 bits per heavy atom. The van der Waals surface area contributed by atoms with Crippen molar-refractivity contribution in [1.82, 2.24) is 9.97 Å². The highest BCUT2D eigenvalue weighted by Gasteiger charge is 2.12. The van der Waals surface area contributed by atoms with Gasteiger partial charge in [0.15, 0.2) is 5.58 Å². The van der Waals surface area contributed by atoms with Crippen LogP contribution in [0.3, 0.4) is 0 Å². The Balaban J connectivity index is 2.13. The minimum atomic E-state index is 0.666. The summed E-state index contributed by atoms with van der Waals surface area (Å²) in [7, 11) is 0. The Hall–Kier alpha value is -1.81. The first-order chi connectivity index (χ1) is 9.28. The van der Waals surface area contributed by atoms with Gasteiger partial charge in [0.25, 0.3) is 0 Å². The van der Waals surface area contributed by atoms with E-state index in [1.807, 2.05) is 31.2 Å². The van der Waals surface area contributed by atoms with E-state index in [0.717, 1.165) is 28.1 Å². The van der Waals surface area contributed by atoms with Crippen LogP contribution in [0.2, 0.25) is 0 Å². The van der Waals surface area contributed by atoms with Crippen molar-refractivity contribution in [3.63, 3.8) is 0 Å². The molecule has 2 heterocycles. The summed E-state index contributed by atoms with van der Waals surface area (Å²) < 4.78 is 5.81. The van der Waals surface area contributed by atoms with Crippen molar-refractivity contribution in [1.29, 1.82) is 0 Å². The van der Waals surface area contributed by atoms with Gasteiger partial charge in [-0.2, -0.15) is 0 Å². The van der Waals surface area contributed by atoms with E-state index >= 15 is 0 Å². The lowest BCUT2D eigenvalue weighted by Crippen LogP contribution is -1.82. The minimum Gasteiger partial charge on any atom is -0.434 e. The van der Waals surface area contributed by atoms with Crippen LogP contribution in [-0.2, 0) is 0 Å². The van der Waals surface area contributed by atoms with Gasteiger partial charge in [0.1, 0.15) is 5.52 Å². The van der Waals surface area contributed by atoms with E-state index < -0.39 is 0 Å². The number of thioether (sulfide) groups is 1. The van der Waals surface area contributed by atoms with Crippen LogP contribution >= 0.6 is 11.8 Å². The Labute approximate surface area is 116 Å². The van der Waals surface area contributed by atoms with Crippen LogP contribution in [0.5, 0.6) is 0 Å². The molecule has 0 fully saturated rings. The zero-order chi connectivity index (χ0) is 13.2. The van der Waals surface area contributed by atoms with Crippen molar-refractivity contribution in [3.8, 4) is 11.5 Å². The number of pyridine rings is 1. The molecule has 0 spiro atoms. The molecular weight excluding hydrogens is 256 g/mol. The number of rotatable bonds is 3. The normalized spacial score (nSPS) is 11.1. The molecule has 0 N–H and O–H groups in total. The highest BCUT2D eigenvalue weighted by molar-refractivity contribution is 7.99. The van der Waals surface area contributed by atoms with Crippen LogP contribution in [0.15, 0.2) is 45.8 Å². The van der Waals surface area contributed by atoms with E-state index in [9.17, 15) is 0 Å². The second-order valence-corrected chi connectivity index (χ2v) is 5.55. The average Bonchev–Trinajstić information content (AvgIpc) is 2.82. The number of aromatic nitrogens is 2. The quantitative estimate of drug-likeness (QED) is 0.665. The standard InChI is InChI=1S/C15H14N2OS/c1-3-19-14-7-5-4-6-11(14)15-17-12-8-10(2)16-9-13(12)18-15/h4-9H,3H2,1-2H3. The third kappa shape index (κ3) is 2.36. The lowest BCUT2D eigenvalue weighted by Gasteiger charge is -2.03. The predicted octanol–water partition coefficient (Wildman–Crippen LogP) is 4.31. The molecule has 0 atom stereocenters. The Morgan fingerprint density at radius 2 is 2.11 bits per heavy atom. The summed E-state index contributed by atoms with van der Waals surface area (Å²) in [5.41, 5.74) is 3.59. The average molecular weight is 270 g/mol. The number of hydrogen-bond donors (Lipinski definition) is 0.